The van der Waals surface area contributed by atoms with Gasteiger partial charge in [-0.15, -0.1) is 0 Å². The van der Waals surface area contributed by atoms with E-state index in [0.717, 1.165) is 41.9 Å². The van der Waals surface area contributed by atoms with Gasteiger partial charge in [0.2, 0.25) is 5.88 Å². The Morgan fingerprint density at radius 2 is 1.92 bits per heavy atom. The van der Waals surface area contributed by atoms with Crippen molar-refractivity contribution >= 4 is 17.6 Å². The Bertz CT molecular complexity index is 967. The second kappa shape index (κ2) is 10.1. The van der Waals surface area contributed by atoms with E-state index in [-0.39, 0.29) is 10.6 Å². The van der Waals surface area contributed by atoms with E-state index in [1.54, 1.807) is 0 Å². The first kappa shape index (κ1) is 26.3. The highest BCUT2D eigenvalue weighted by Crippen LogP contribution is 2.69. The van der Waals surface area contributed by atoms with Crippen LogP contribution in [0.1, 0.15) is 109 Å². The van der Waals surface area contributed by atoms with Crippen LogP contribution in [0.4, 0.5) is 0 Å². The third-order valence-corrected chi connectivity index (χ3v) is 12.2. The zero-order valence-corrected chi connectivity index (χ0v) is 23.5. The fourth-order valence-corrected chi connectivity index (χ4v) is 10.4. The molecule has 4 aliphatic carbocycles. The smallest absolute Gasteiger partial charge is 0.337 e. The highest BCUT2D eigenvalue weighted by Gasteiger charge is 2.61. The average Bonchev–Trinajstić information content (AvgIpc) is 3.21. The van der Waals surface area contributed by atoms with Crippen LogP contribution in [0, 0.1) is 52.3 Å². The van der Waals surface area contributed by atoms with Gasteiger partial charge in [0.15, 0.2) is 0 Å². The number of carbonyl (C=O) groups is 1. The van der Waals surface area contributed by atoms with Gasteiger partial charge in [-0.25, -0.2) is 9.78 Å². The SMILES string of the molecule is CC[C@H]1C[C@H]2C3CC[C@H]([C@H](C)CCOc4ncc(C(=O)O)cc4Cl)[C@@]3(C)CC[C@@H]2[C@@]2(C)CCCC[C@@H]12. The van der Waals surface area contributed by atoms with Gasteiger partial charge in [-0.05, 0) is 110 Å². The first-order chi connectivity index (χ1) is 17.2. The summed E-state index contributed by atoms with van der Waals surface area (Å²) < 4.78 is 5.92. The van der Waals surface area contributed by atoms with Crippen molar-refractivity contribution in [2.24, 2.45) is 52.3 Å². The van der Waals surface area contributed by atoms with Crippen molar-refractivity contribution < 1.29 is 14.6 Å². The van der Waals surface area contributed by atoms with E-state index >= 15 is 0 Å². The van der Waals surface area contributed by atoms with Crippen molar-refractivity contribution in [1.29, 1.82) is 0 Å². The number of hydrogen-bond donors (Lipinski definition) is 1. The van der Waals surface area contributed by atoms with Gasteiger partial charge in [0.25, 0.3) is 0 Å². The Labute approximate surface area is 222 Å². The molecular weight excluding hydrogens is 470 g/mol. The monoisotopic (exact) mass is 515 g/mol. The normalized spacial score (nSPS) is 40.6. The summed E-state index contributed by atoms with van der Waals surface area (Å²) in [7, 11) is 0. The summed E-state index contributed by atoms with van der Waals surface area (Å²) in [6.07, 6.45) is 16.6. The molecule has 5 rings (SSSR count). The molecule has 0 amide bonds. The van der Waals surface area contributed by atoms with Gasteiger partial charge in [0.05, 0.1) is 12.2 Å². The lowest BCUT2D eigenvalue weighted by Crippen LogP contribution is -2.55. The summed E-state index contributed by atoms with van der Waals surface area (Å²) in [6, 6.07) is 1.42. The summed E-state index contributed by atoms with van der Waals surface area (Å²) in [5.74, 6) is 5.33. The van der Waals surface area contributed by atoms with E-state index in [9.17, 15) is 4.79 Å². The zero-order chi connectivity index (χ0) is 25.7. The molecule has 1 aromatic heterocycles. The Kier molecular flexibility index (Phi) is 7.40. The molecule has 5 heteroatoms. The molecule has 1 heterocycles. The van der Waals surface area contributed by atoms with Gasteiger partial charge in [0.1, 0.15) is 5.02 Å². The van der Waals surface area contributed by atoms with Gasteiger partial charge in [-0.3, -0.25) is 0 Å². The molecule has 0 saturated heterocycles. The number of carboxylic acids is 1. The molecule has 4 nitrogen and oxygen atoms in total. The van der Waals surface area contributed by atoms with Crippen molar-refractivity contribution in [2.75, 3.05) is 6.61 Å². The van der Waals surface area contributed by atoms with Gasteiger partial charge in [-0.2, -0.15) is 0 Å². The molecule has 1 N–H and O–H groups in total. The van der Waals surface area contributed by atoms with E-state index in [4.69, 9.17) is 21.4 Å². The minimum absolute atomic E-state index is 0.0858. The molecule has 1 aromatic rings. The van der Waals surface area contributed by atoms with Crippen molar-refractivity contribution in [3.05, 3.63) is 22.8 Å². The van der Waals surface area contributed by atoms with Crippen LogP contribution < -0.4 is 4.74 Å². The molecular formula is C31H46ClNO3. The highest BCUT2D eigenvalue weighted by molar-refractivity contribution is 6.32. The van der Waals surface area contributed by atoms with E-state index < -0.39 is 5.97 Å². The van der Waals surface area contributed by atoms with Crippen LogP contribution in [0.5, 0.6) is 5.88 Å². The second-order valence-electron chi connectivity index (χ2n) is 13.3. The number of rotatable bonds is 7. The lowest BCUT2D eigenvalue weighted by molar-refractivity contribution is -0.138. The first-order valence-electron chi connectivity index (χ1n) is 14.7. The number of fused-ring (bicyclic) bond motifs is 5. The average molecular weight is 516 g/mol. The fraction of sp³-hybridized carbons (Fsp3) is 0.806. The molecule has 4 saturated carbocycles. The summed E-state index contributed by atoms with van der Waals surface area (Å²) >= 11 is 6.23. The van der Waals surface area contributed by atoms with E-state index in [2.05, 4.69) is 32.7 Å². The first-order valence-corrected chi connectivity index (χ1v) is 15.1. The molecule has 0 bridgehead atoms. The number of halogens is 1. The zero-order valence-electron chi connectivity index (χ0n) is 22.8. The second-order valence-corrected chi connectivity index (χ2v) is 13.7. The van der Waals surface area contributed by atoms with E-state index in [1.165, 1.54) is 76.5 Å². The highest BCUT2D eigenvalue weighted by atomic mass is 35.5. The van der Waals surface area contributed by atoms with Crippen LogP contribution in [0.3, 0.4) is 0 Å². The molecule has 0 spiro atoms. The maximum Gasteiger partial charge on any atom is 0.337 e. The molecule has 1 unspecified atom stereocenters. The van der Waals surface area contributed by atoms with Gasteiger partial charge < -0.3 is 9.84 Å². The van der Waals surface area contributed by atoms with Crippen LogP contribution in [0.15, 0.2) is 12.3 Å². The van der Waals surface area contributed by atoms with Crippen molar-refractivity contribution in [2.45, 2.75) is 98.3 Å². The Morgan fingerprint density at radius 1 is 1.14 bits per heavy atom. The number of aromatic nitrogens is 1. The lowest BCUT2D eigenvalue weighted by atomic mass is 9.42. The fourth-order valence-electron chi connectivity index (χ4n) is 10.2. The number of ether oxygens (including phenoxy) is 1. The van der Waals surface area contributed by atoms with Crippen LogP contribution >= 0.6 is 11.6 Å². The molecule has 36 heavy (non-hydrogen) atoms. The Morgan fingerprint density at radius 3 is 2.64 bits per heavy atom. The Balaban J connectivity index is 1.25. The van der Waals surface area contributed by atoms with Gasteiger partial charge >= 0.3 is 5.97 Å². The summed E-state index contributed by atoms with van der Waals surface area (Å²) in [5.41, 5.74) is 1.13. The summed E-state index contributed by atoms with van der Waals surface area (Å²) in [5, 5.41) is 9.39. The van der Waals surface area contributed by atoms with E-state index in [0.29, 0.717) is 29.2 Å². The van der Waals surface area contributed by atoms with Gasteiger partial charge in [0, 0.05) is 6.20 Å². The largest absolute Gasteiger partial charge is 0.478 e. The van der Waals surface area contributed by atoms with Crippen LogP contribution in [-0.4, -0.2) is 22.7 Å². The molecule has 200 valence electrons. The van der Waals surface area contributed by atoms with Gasteiger partial charge in [-0.1, -0.05) is 58.6 Å². The predicted molar refractivity (Wildman–Crippen MR) is 144 cm³/mol. The standard InChI is InChI=1S/C31H46ClNO3/c1-5-20-16-22-25-10-9-23(19(2)12-15-36-28-27(32)17-21(18-33-28)29(34)35)31(25,4)14-11-26(22)30(3)13-7-6-8-24(20)30/h17-20,22-26H,5-16H2,1-4H3,(H,34,35)/t19-,20+,22+,23-,24+,25?,26+,30+,31-/m1/s1. The molecule has 0 aromatic carbocycles. The third kappa shape index (κ3) is 4.37. The maximum absolute atomic E-state index is 11.1. The number of pyridine rings is 1. The minimum atomic E-state index is -1.03. The van der Waals surface area contributed by atoms with Crippen LogP contribution in [0.2, 0.25) is 5.02 Å². The molecule has 0 radical (unpaired) electrons. The van der Waals surface area contributed by atoms with Crippen LogP contribution in [0.25, 0.3) is 0 Å². The van der Waals surface area contributed by atoms with Crippen LogP contribution in [-0.2, 0) is 0 Å². The molecule has 0 aliphatic heterocycles. The minimum Gasteiger partial charge on any atom is -0.478 e. The third-order valence-electron chi connectivity index (χ3n) is 11.9. The Hall–Kier alpha value is -1.29. The van der Waals surface area contributed by atoms with Crippen molar-refractivity contribution in [3.8, 4) is 5.88 Å². The lowest BCUT2D eigenvalue weighted by Gasteiger charge is -2.63. The molecule has 4 fully saturated rings. The predicted octanol–water partition coefficient (Wildman–Crippen LogP) is 8.52. The number of aromatic carboxylic acids is 1. The number of carboxylic acid groups (broad SMARTS) is 1. The molecule has 9 atom stereocenters. The van der Waals surface area contributed by atoms with Crippen molar-refractivity contribution in [3.63, 3.8) is 0 Å². The quantitative estimate of drug-likeness (QED) is 0.395. The summed E-state index contributed by atoms with van der Waals surface area (Å²) in [4.78, 5) is 15.3. The summed E-state index contributed by atoms with van der Waals surface area (Å²) in [6.45, 7) is 10.8. The molecule has 4 aliphatic rings. The van der Waals surface area contributed by atoms with E-state index in [1.807, 2.05) is 0 Å². The number of nitrogens with zero attached hydrogens (tertiary/aromatic N) is 1. The van der Waals surface area contributed by atoms with Crippen molar-refractivity contribution in [1.82, 2.24) is 4.98 Å². The maximum atomic E-state index is 11.1. The topological polar surface area (TPSA) is 59.4 Å². The number of hydrogen-bond acceptors (Lipinski definition) is 3.